The van der Waals surface area contributed by atoms with E-state index in [1.807, 2.05) is 12.1 Å². The molecule has 3 aromatic rings. The first kappa shape index (κ1) is 17.1. The predicted octanol–water partition coefficient (Wildman–Crippen LogP) is 2.80. The molecule has 1 amide bonds. The Bertz CT molecular complexity index is 976. The molecule has 1 aromatic carbocycles. The topological polar surface area (TPSA) is 93.8 Å². The summed E-state index contributed by atoms with van der Waals surface area (Å²) in [6.45, 7) is 0. The highest BCUT2D eigenvalue weighted by atomic mass is 19.1. The van der Waals surface area contributed by atoms with Crippen LogP contribution in [-0.2, 0) is 17.6 Å². The van der Waals surface area contributed by atoms with Gasteiger partial charge in [0.2, 0.25) is 5.91 Å². The minimum absolute atomic E-state index is 0.370. The van der Waals surface area contributed by atoms with Crippen molar-refractivity contribution in [2.24, 2.45) is 5.73 Å². The normalized spacial score (nSPS) is 13.8. The summed E-state index contributed by atoms with van der Waals surface area (Å²) >= 11 is 0. The summed E-state index contributed by atoms with van der Waals surface area (Å²) < 4.78 is 13.2. The number of fused-ring (bicyclic) bond motifs is 1. The Morgan fingerprint density at radius 2 is 1.81 bits per heavy atom. The summed E-state index contributed by atoms with van der Waals surface area (Å²) in [6.07, 6.45) is 6.05. The van der Waals surface area contributed by atoms with Crippen molar-refractivity contribution >= 4 is 11.7 Å². The maximum absolute atomic E-state index is 13.2. The van der Waals surface area contributed by atoms with Gasteiger partial charge in [-0.05, 0) is 49.1 Å². The number of carbonyl (C=O) groups excluding carboxylic acids is 1. The SMILES string of the molecule is NC(=O)C(Nc1nc(-c2ccncc2)nc2c1CCC2)c1ccc(F)cc1. The van der Waals surface area contributed by atoms with Crippen molar-refractivity contribution in [1.82, 2.24) is 15.0 Å². The lowest BCUT2D eigenvalue weighted by atomic mass is 10.1. The van der Waals surface area contributed by atoms with Crippen molar-refractivity contribution in [3.05, 3.63) is 71.4 Å². The molecule has 0 spiro atoms. The number of hydrogen-bond donors (Lipinski definition) is 2. The molecule has 1 unspecified atom stereocenters. The van der Waals surface area contributed by atoms with Gasteiger partial charge in [-0.3, -0.25) is 9.78 Å². The number of nitrogens with zero attached hydrogens (tertiary/aromatic N) is 3. The van der Waals surface area contributed by atoms with E-state index in [2.05, 4.69) is 20.3 Å². The summed E-state index contributed by atoms with van der Waals surface area (Å²) in [6, 6.07) is 8.57. The predicted molar refractivity (Wildman–Crippen MR) is 99.2 cm³/mol. The number of amides is 1. The molecular weight excluding hydrogens is 345 g/mol. The molecule has 0 saturated heterocycles. The fourth-order valence-corrected chi connectivity index (χ4v) is 3.29. The Labute approximate surface area is 155 Å². The quantitative estimate of drug-likeness (QED) is 0.727. The Morgan fingerprint density at radius 1 is 1.07 bits per heavy atom. The highest BCUT2D eigenvalue weighted by Gasteiger charge is 2.24. The second kappa shape index (κ2) is 7.11. The molecule has 0 fully saturated rings. The average Bonchev–Trinajstić information content (AvgIpc) is 3.16. The number of pyridine rings is 1. The van der Waals surface area contributed by atoms with Crippen molar-refractivity contribution in [2.75, 3.05) is 5.32 Å². The summed E-state index contributed by atoms with van der Waals surface area (Å²) in [7, 11) is 0. The number of nitrogens with two attached hydrogens (primary N) is 1. The first-order valence-electron chi connectivity index (χ1n) is 8.73. The van der Waals surface area contributed by atoms with Crippen LogP contribution in [0.3, 0.4) is 0 Å². The fraction of sp³-hybridized carbons (Fsp3) is 0.200. The summed E-state index contributed by atoms with van der Waals surface area (Å²) in [5.74, 6) is 0.239. The van der Waals surface area contributed by atoms with E-state index < -0.39 is 11.9 Å². The lowest BCUT2D eigenvalue weighted by Gasteiger charge is -2.19. The van der Waals surface area contributed by atoms with Crippen molar-refractivity contribution in [1.29, 1.82) is 0 Å². The Morgan fingerprint density at radius 3 is 2.52 bits per heavy atom. The lowest BCUT2D eigenvalue weighted by molar-refractivity contribution is -0.118. The van der Waals surface area contributed by atoms with Crippen molar-refractivity contribution < 1.29 is 9.18 Å². The molecule has 6 nitrogen and oxygen atoms in total. The number of nitrogens with one attached hydrogen (secondary N) is 1. The highest BCUT2D eigenvalue weighted by molar-refractivity contribution is 5.84. The van der Waals surface area contributed by atoms with Gasteiger partial charge in [-0.1, -0.05) is 12.1 Å². The largest absolute Gasteiger partial charge is 0.368 e. The number of carbonyl (C=O) groups is 1. The van der Waals surface area contributed by atoms with Crippen LogP contribution in [0.15, 0.2) is 48.8 Å². The molecule has 136 valence electrons. The molecule has 1 aliphatic rings. The van der Waals surface area contributed by atoms with E-state index in [9.17, 15) is 9.18 Å². The molecule has 0 bridgehead atoms. The first-order chi connectivity index (χ1) is 13.1. The van der Waals surface area contributed by atoms with Crippen LogP contribution in [0.25, 0.3) is 11.4 Å². The molecule has 0 radical (unpaired) electrons. The van der Waals surface area contributed by atoms with E-state index in [1.54, 1.807) is 24.5 Å². The molecule has 1 aliphatic carbocycles. The minimum atomic E-state index is -0.810. The zero-order chi connectivity index (χ0) is 18.8. The van der Waals surface area contributed by atoms with Crippen LogP contribution in [-0.4, -0.2) is 20.9 Å². The van der Waals surface area contributed by atoms with Gasteiger partial charge in [0.05, 0.1) is 0 Å². The molecule has 7 heteroatoms. The second-order valence-electron chi connectivity index (χ2n) is 6.44. The number of aryl methyl sites for hydroxylation is 1. The van der Waals surface area contributed by atoms with Gasteiger partial charge in [-0.25, -0.2) is 14.4 Å². The third-order valence-corrected chi connectivity index (χ3v) is 4.64. The number of hydrogen-bond acceptors (Lipinski definition) is 5. The Kier molecular flexibility index (Phi) is 4.50. The molecule has 4 rings (SSSR count). The van der Waals surface area contributed by atoms with Gasteiger partial charge in [-0.15, -0.1) is 0 Å². The molecule has 3 N–H and O–H groups in total. The molecule has 27 heavy (non-hydrogen) atoms. The zero-order valence-electron chi connectivity index (χ0n) is 14.5. The van der Waals surface area contributed by atoms with Crippen molar-refractivity contribution in [3.63, 3.8) is 0 Å². The van der Waals surface area contributed by atoms with Crippen molar-refractivity contribution in [3.8, 4) is 11.4 Å². The van der Waals surface area contributed by atoms with Gasteiger partial charge in [0.15, 0.2) is 5.82 Å². The Hall–Kier alpha value is -3.35. The number of rotatable bonds is 5. The molecule has 0 aliphatic heterocycles. The first-order valence-corrected chi connectivity index (χ1v) is 8.73. The van der Waals surface area contributed by atoms with Crippen LogP contribution < -0.4 is 11.1 Å². The maximum Gasteiger partial charge on any atom is 0.244 e. The minimum Gasteiger partial charge on any atom is -0.368 e. The highest BCUT2D eigenvalue weighted by Crippen LogP contribution is 2.31. The van der Waals surface area contributed by atoms with Gasteiger partial charge in [0.25, 0.3) is 0 Å². The molecule has 1 atom stereocenters. The van der Waals surface area contributed by atoms with E-state index in [1.165, 1.54) is 12.1 Å². The standard InChI is InChI=1S/C20H18FN5O/c21-14-6-4-12(5-7-14)17(18(22)27)25-20-15-2-1-3-16(15)24-19(26-20)13-8-10-23-11-9-13/h4-11,17H,1-3H2,(H2,22,27)(H,24,25,26). The van der Waals surface area contributed by atoms with Crippen LogP contribution in [0.4, 0.5) is 10.2 Å². The summed E-state index contributed by atoms with van der Waals surface area (Å²) in [5.41, 5.74) is 9.01. The van der Waals surface area contributed by atoms with E-state index in [0.29, 0.717) is 17.2 Å². The third-order valence-electron chi connectivity index (χ3n) is 4.64. The van der Waals surface area contributed by atoms with Gasteiger partial charge in [0.1, 0.15) is 17.7 Å². The van der Waals surface area contributed by atoms with Crippen molar-refractivity contribution in [2.45, 2.75) is 25.3 Å². The second-order valence-corrected chi connectivity index (χ2v) is 6.44. The van der Waals surface area contributed by atoms with Crippen LogP contribution in [0.1, 0.15) is 29.3 Å². The van der Waals surface area contributed by atoms with E-state index in [0.717, 1.165) is 36.1 Å². The van der Waals surface area contributed by atoms with E-state index >= 15 is 0 Å². The molecule has 0 saturated carbocycles. The number of anilines is 1. The third kappa shape index (κ3) is 3.48. The number of benzene rings is 1. The van der Waals surface area contributed by atoms with Gasteiger partial charge < -0.3 is 11.1 Å². The van der Waals surface area contributed by atoms with Crippen LogP contribution in [0.5, 0.6) is 0 Å². The molecular formula is C20H18FN5O. The van der Waals surface area contributed by atoms with Gasteiger partial charge in [0, 0.05) is 29.2 Å². The maximum atomic E-state index is 13.2. The average molecular weight is 363 g/mol. The fourth-order valence-electron chi connectivity index (χ4n) is 3.29. The van der Waals surface area contributed by atoms with E-state index in [4.69, 9.17) is 5.73 Å². The molecule has 2 heterocycles. The zero-order valence-corrected chi connectivity index (χ0v) is 14.5. The van der Waals surface area contributed by atoms with Gasteiger partial charge in [-0.2, -0.15) is 0 Å². The summed E-state index contributed by atoms with van der Waals surface area (Å²) in [4.78, 5) is 25.4. The number of halogens is 1. The summed E-state index contributed by atoms with van der Waals surface area (Å²) in [5, 5.41) is 3.16. The van der Waals surface area contributed by atoms with Crippen LogP contribution in [0.2, 0.25) is 0 Å². The van der Waals surface area contributed by atoms with Crippen LogP contribution >= 0.6 is 0 Å². The molecule has 2 aromatic heterocycles. The number of aromatic nitrogens is 3. The number of primary amides is 1. The van der Waals surface area contributed by atoms with Gasteiger partial charge >= 0.3 is 0 Å². The lowest BCUT2D eigenvalue weighted by Crippen LogP contribution is -2.28. The van der Waals surface area contributed by atoms with Crippen LogP contribution in [0, 0.1) is 5.82 Å². The smallest absolute Gasteiger partial charge is 0.244 e. The van der Waals surface area contributed by atoms with E-state index in [-0.39, 0.29) is 5.82 Å². The monoisotopic (exact) mass is 363 g/mol. The Balaban J connectivity index is 1.74.